The third-order valence-corrected chi connectivity index (χ3v) is 8.20. The van der Waals surface area contributed by atoms with E-state index >= 15 is 0 Å². The molecule has 0 aromatic heterocycles. The topological polar surface area (TPSA) is 67.9 Å². The number of hydrogen-bond donors (Lipinski definition) is 1. The van der Waals surface area contributed by atoms with E-state index in [1.165, 1.54) is 12.8 Å². The summed E-state index contributed by atoms with van der Waals surface area (Å²) in [6.45, 7) is 2.14. The lowest BCUT2D eigenvalue weighted by Crippen LogP contribution is -2.39. The predicted octanol–water partition coefficient (Wildman–Crippen LogP) is 5.00. The highest BCUT2D eigenvalue weighted by Crippen LogP contribution is 2.30. The summed E-state index contributed by atoms with van der Waals surface area (Å²) in [6.07, 6.45) is 4.23. The van der Waals surface area contributed by atoms with Gasteiger partial charge in [-0.05, 0) is 61.2 Å². The Balaban J connectivity index is 1.52. The van der Waals surface area contributed by atoms with Gasteiger partial charge in [0.05, 0.1) is 12.0 Å². The predicted molar refractivity (Wildman–Crippen MR) is 138 cm³/mol. The van der Waals surface area contributed by atoms with Gasteiger partial charge in [0.1, 0.15) is 6.61 Å². The molecule has 1 N–H and O–H groups in total. The molecule has 1 saturated heterocycles. The van der Waals surface area contributed by atoms with Crippen LogP contribution in [0, 0.1) is 0 Å². The number of ether oxygens (including phenoxy) is 2. The van der Waals surface area contributed by atoms with Gasteiger partial charge in [0.2, 0.25) is 10.0 Å². The largest absolute Gasteiger partial charge is 0.493 e. The van der Waals surface area contributed by atoms with Gasteiger partial charge < -0.3 is 14.8 Å². The fraction of sp³-hybridized carbons (Fsp3) is 0.357. The molecular formula is C28H34N2O4S. The summed E-state index contributed by atoms with van der Waals surface area (Å²) in [5, 5.41) is 3.52. The normalized spacial score (nSPS) is 16.2. The Labute approximate surface area is 208 Å². The zero-order valence-corrected chi connectivity index (χ0v) is 21.0. The number of nitrogens with one attached hydrogen (secondary N) is 1. The van der Waals surface area contributed by atoms with Crippen LogP contribution in [0.5, 0.6) is 11.5 Å². The van der Waals surface area contributed by atoms with Crippen molar-refractivity contribution in [2.45, 2.75) is 49.8 Å². The van der Waals surface area contributed by atoms with Crippen LogP contribution in [0.1, 0.15) is 36.8 Å². The van der Waals surface area contributed by atoms with Crippen LogP contribution in [0.2, 0.25) is 0 Å². The minimum absolute atomic E-state index is 0.263. The first kappa shape index (κ1) is 25.2. The van der Waals surface area contributed by atoms with Gasteiger partial charge in [0.25, 0.3) is 0 Å². The van der Waals surface area contributed by atoms with Crippen molar-refractivity contribution in [2.24, 2.45) is 0 Å². The van der Waals surface area contributed by atoms with Crippen LogP contribution in [0.3, 0.4) is 0 Å². The van der Waals surface area contributed by atoms with Crippen molar-refractivity contribution in [3.05, 3.63) is 90.0 Å². The van der Waals surface area contributed by atoms with E-state index in [-0.39, 0.29) is 6.54 Å². The van der Waals surface area contributed by atoms with E-state index in [0.29, 0.717) is 35.6 Å². The monoisotopic (exact) mass is 494 g/mol. The molecule has 0 aliphatic carbocycles. The summed E-state index contributed by atoms with van der Waals surface area (Å²) in [5.41, 5.74) is 1.92. The summed E-state index contributed by atoms with van der Waals surface area (Å²) in [6, 6.07) is 24.6. The number of hydrogen-bond acceptors (Lipinski definition) is 5. The highest BCUT2D eigenvalue weighted by Gasteiger charge is 2.26. The zero-order chi connectivity index (χ0) is 24.5. The van der Waals surface area contributed by atoms with Gasteiger partial charge in [0.15, 0.2) is 11.5 Å². The van der Waals surface area contributed by atoms with Crippen LogP contribution < -0.4 is 14.8 Å². The van der Waals surface area contributed by atoms with Crippen LogP contribution in [0.25, 0.3) is 0 Å². The van der Waals surface area contributed by atoms with Crippen LogP contribution in [-0.4, -0.2) is 39.0 Å². The molecule has 1 atom stereocenters. The fourth-order valence-corrected chi connectivity index (χ4v) is 5.83. The summed E-state index contributed by atoms with van der Waals surface area (Å²) >= 11 is 0. The second-order valence-corrected chi connectivity index (χ2v) is 10.8. The maximum absolute atomic E-state index is 13.5. The summed E-state index contributed by atoms with van der Waals surface area (Å²) < 4.78 is 40.2. The first-order valence-electron chi connectivity index (χ1n) is 12.2. The first-order valence-corrected chi connectivity index (χ1v) is 13.6. The van der Waals surface area contributed by atoms with Gasteiger partial charge in [-0.2, -0.15) is 4.31 Å². The highest BCUT2D eigenvalue weighted by atomic mass is 32.2. The van der Waals surface area contributed by atoms with Gasteiger partial charge in [-0.15, -0.1) is 0 Å². The molecule has 0 saturated carbocycles. The molecule has 1 aliphatic heterocycles. The molecule has 4 rings (SSSR count). The minimum Gasteiger partial charge on any atom is -0.493 e. The van der Waals surface area contributed by atoms with E-state index < -0.39 is 10.0 Å². The van der Waals surface area contributed by atoms with Crippen LogP contribution in [0.15, 0.2) is 83.8 Å². The lowest BCUT2D eigenvalue weighted by atomic mass is 10.0. The second-order valence-electron chi connectivity index (χ2n) is 8.85. The SMILES string of the molecule is COc1cc(CN(CCC2CCCCN2)S(=O)(=O)c2ccccc2)ccc1OCc1ccccc1. The molecule has 0 spiro atoms. The van der Waals surface area contributed by atoms with Gasteiger partial charge >= 0.3 is 0 Å². The van der Waals surface area contributed by atoms with Gasteiger partial charge in [-0.25, -0.2) is 8.42 Å². The summed E-state index contributed by atoms with van der Waals surface area (Å²) in [4.78, 5) is 0.311. The van der Waals surface area contributed by atoms with Gasteiger partial charge in [0, 0.05) is 19.1 Å². The molecule has 3 aromatic rings. The molecule has 1 unspecified atom stereocenters. The first-order chi connectivity index (χ1) is 17.1. The van der Waals surface area contributed by atoms with E-state index in [9.17, 15) is 8.42 Å². The summed E-state index contributed by atoms with van der Waals surface area (Å²) in [5.74, 6) is 1.22. The standard InChI is InChI=1S/C28H34N2O4S/c1-33-28-20-24(15-16-27(28)34-22-23-10-4-2-5-11-23)21-30(19-17-25-12-8-9-18-29-25)35(31,32)26-13-6-3-7-14-26/h2-7,10-11,13-16,20,25,29H,8-9,12,17-19,21-22H2,1H3. The van der Waals surface area contributed by atoms with Crippen molar-refractivity contribution >= 4 is 10.0 Å². The molecular weight excluding hydrogens is 460 g/mol. The van der Waals surface area contributed by atoms with E-state index in [1.54, 1.807) is 35.7 Å². The molecule has 3 aromatic carbocycles. The molecule has 1 fully saturated rings. The molecule has 1 aliphatic rings. The quantitative estimate of drug-likeness (QED) is 0.406. The maximum Gasteiger partial charge on any atom is 0.243 e. The van der Waals surface area contributed by atoms with Crippen molar-refractivity contribution in [3.63, 3.8) is 0 Å². The Hall–Kier alpha value is -2.87. The van der Waals surface area contributed by atoms with Gasteiger partial charge in [-0.1, -0.05) is 61.0 Å². The Kier molecular flexibility index (Phi) is 8.79. The minimum atomic E-state index is -3.64. The van der Waals surface area contributed by atoms with E-state index in [0.717, 1.165) is 30.5 Å². The Morgan fingerprint density at radius 3 is 2.34 bits per heavy atom. The second kappa shape index (κ2) is 12.2. The van der Waals surface area contributed by atoms with Crippen molar-refractivity contribution in [1.82, 2.24) is 9.62 Å². The van der Waals surface area contributed by atoms with Crippen molar-refractivity contribution in [2.75, 3.05) is 20.2 Å². The molecule has 7 heteroatoms. The molecule has 0 radical (unpaired) electrons. The van der Waals surface area contributed by atoms with E-state index in [2.05, 4.69) is 5.32 Å². The van der Waals surface area contributed by atoms with Gasteiger partial charge in [-0.3, -0.25) is 0 Å². The maximum atomic E-state index is 13.5. The van der Waals surface area contributed by atoms with E-state index in [4.69, 9.17) is 9.47 Å². The molecule has 0 bridgehead atoms. The zero-order valence-electron chi connectivity index (χ0n) is 20.2. The fourth-order valence-electron chi connectivity index (χ4n) is 4.36. The molecule has 1 heterocycles. The van der Waals surface area contributed by atoms with Crippen molar-refractivity contribution in [3.8, 4) is 11.5 Å². The highest BCUT2D eigenvalue weighted by molar-refractivity contribution is 7.89. The average Bonchev–Trinajstić information content (AvgIpc) is 2.91. The smallest absolute Gasteiger partial charge is 0.243 e. The third-order valence-electron chi connectivity index (χ3n) is 6.34. The lowest BCUT2D eigenvalue weighted by Gasteiger charge is -2.28. The Morgan fingerprint density at radius 2 is 1.66 bits per heavy atom. The van der Waals surface area contributed by atoms with Crippen molar-refractivity contribution < 1.29 is 17.9 Å². The molecule has 6 nitrogen and oxygen atoms in total. The number of rotatable bonds is 11. The molecule has 35 heavy (non-hydrogen) atoms. The summed E-state index contributed by atoms with van der Waals surface area (Å²) in [7, 11) is -2.04. The Bertz CT molecular complexity index is 1160. The molecule has 186 valence electrons. The molecule has 0 amide bonds. The van der Waals surface area contributed by atoms with Crippen molar-refractivity contribution in [1.29, 1.82) is 0 Å². The van der Waals surface area contributed by atoms with E-state index in [1.807, 2.05) is 54.6 Å². The average molecular weight is 495 g/mol. The number of nitrogens with zero attached hydrogens (tertiary/aromatic N) is 1. The number of sulfonamides is 1. The number of benzene rings is 3. The lowest BCUT2D eigenvalue weighted by molar-refractivity contribution is 0.284. The number of piperidine rings is 1. The Morgan fingerprint density at radius 1 is 0.914 bits per heavy atom. The third kappa shape index (κ3) is 6.84. The van der Waals surface area contributed by atoms with Crippen LogP contribution >= 0.6 is 0 Å². The number of methoxy groups -OCH3 is 1. The van der Waals surface area contributed by atoms with Crippen LogP contribution in [0.4, 0.5) is 0 Å². The van der Waals surface area contributed by atoms with Crippen LogP contribution in [-0.2, 0) is 23.2 Å².